The van der Waals surface area contributed by atoms with Crippen LogP contribution in [0.3, 0.4) is 0 Å². The molecule has 28 heavy (non-hydrogen) atoms. The summed E-state index contributed by atoms with van der Waals surface area (Å²) in [5.74, 6) is -2.41. The first kappa shape index (κ1) is 20.6. The van der Waals surface area contributed by atoms with Crippen LogP contribution in [0.2, 0.25) is 10.0 Å². The number of aromatic amines is 1. The van der Waals surface area contributed by atoms with Crippen LogP contribution in [-0.4, -0.2) is 24.6 Å². The Morgan fingerprint density at radius 3 is 2.11 bits per heavy atom. The van der Waals surface area contributed by atoms with Gasteiger partial charge < -0.3 is 4.98 Å². The van der Waals surface area contributed by atoms with Gasteiger partial charge in [-0.3, -0.25) is 0 Å². The predicted octanol–water partition coefficient (Wildman–Crippen LogP) is 5.61. The Morgan fingerprint density at radius 2 is 1.61 bits per heavy atom. The Labute approximate surface area is 167 Å². The molecular formula is C17H10Cl2F4N2O2S. The molecule has 148 valence electrons. The van der Waals surface area contributed by atoms with Gasteiger partial charge in [-0.05, 0) is 30.3 Å². The van der Waals surface area contributed by atoms with Crippen LogP contribution < -0.4 is 0 Å². The predicted molar refractivity (Wildman–Crippen MR) is 97.5 cm³/mol. The Balaban J connectivity index is 2.26. The summed E-state index contributed by atoms with van der Waals surface area (Å²) in [5.41, 5.74) is -0.182. The lowest BCUT2D eigenvalue weighted by atomic mass is 10.0. The molecule has 0 unspecified atom stereocenters. The molecule has 0 aliphatic heterocycles. The van der Waals surface area contributed by atoms with Crippen molar-refractivity contribution >= 4 is 33.0 Å². The number of benzene rings is 2. The smallest absolute Gasteiger partial charge is 0.334 e. The number of alkyl halides is 3. The van der Waals surface area contributed by atoms with Gasteiger partial charge in [-0.25, -0.2) is 17.8 Å². The number of H-pyrrole nitrogens is 1. The van der Waals surface area contributed by atoms with Crippen LogP contribution in [0.15, 0.2) is 41.3 Å². The zero-order chi connectivity index (χ0) is 20.9. The van der Waals surface area contributed by atoms with Gasteiger partial charge in [-0.1, -0.05) is 29.3 Å². The van der Waals surface area contributed by atoms with E-state index < -0.39 is 32.6 Å². The van der Waals surface area contributed by atoms with Crippen LogP contribution in [0.1, 0.15) is 5.82 Å². The normalized spacial score (nSPS) is 12.4. The average Bonchev–Trinajstić information content (AvgIpc) is 2.98. The Kier molecular flexibility index (Phi) is 5.20. The van der Waals surface area contributed by atoms with Crippen molar-refractivity contribution in [2.45, 2.75) is 11.1 Å². The molecular weight excluding hydrogens is 443 g/mol. The molecule has 3 aromatic rings. The average molecular weight is 453 g/mol. The van der Waals surface area contributed by atoms with Gasteiger partial charge in [0.15, 0.2) is 9.84 Å². The van der Waals surface area contributed by atoms with E-state index in [0.29, 0.717) is 0 Å². The Morgan fingerprint density at radius 1 is 1.00 bits per heavy atom. The molecule has 0 bridgehead atoms. The first-order valence-corrected chi connectivity index (χ1v) is 10.1. The third-order valence-electron chi connectivity index (χ3n) is 3.73. The van der Waals surface area contributed by atoms with Crippen molar-refractivity contribution < 1.29 is 26.0 Å². The number of hydrogen-bond acceptors (Lipinski definition) is 3. The fraction of sp³-hybridized carbons (Fsp3) is 0.118. The van der Waals surface area contributed by atoms with E-state index in [2.05, 4.69) is 9.97 Å². The second-order valence-corrected chi connectivity index (χ2v) is 8.74. The number of hydrogen-bond donors (Lipinski definition) is 1. The molecule has 3 rings (SSSR count). The Hall–Kier alpha value is -2.10. The zero-order valence-corrected chi connectivity index (χ0v) is 16.2. The van der Waals surface area contributed by atoms with E-state index in [0.717, 1.165) is 18.4 Å². The second-order valence-electron chi connectivity index (χ2n) is 5.88. The van der Waals surface area contributed by atoms with Crippen LogP contribution >= 0.6 is 23.2 Å². The summed E-state index contributed by atoms with van der Waals surface area (Å²) in [6.45, 7) is 0. The van der Waals surface area contributed by atoms with Gasteiger partial charge >= 0.3 is 6.18 Å². The molecule has 0 amide bonds. The highest BCUT2D eigenvalue weighted by molar-refractivity contribution is 7.90. The molecule has 1 aromatic heterocycles. The maximum atomic E-state index is 14.3. The minimum absolute atomic E-state index is 0.0530. The van der Waals surface area contributed by atoms with Crippen molar-refractivity contribution in [3.8, 4) is 22.5 Å². The van der Waals surface area contributed by atoms with E-state index in [1.54, 1.807) is 0 Å². The van der Waals surface area contributed by atoms with Gasteiger partial charge in [0.1, 0.15) is 10.7 Å². The fourth-order valence-corrected chi connectivity index (χ4v) is 3.83. The highest BCUT2D eigenvalue weighted by atomic mass is 35.5. The molecule has 0 aliphatic carbocycles. The lowest BCUT2D eigenvalue weighted by Crippen LogP contribution is -2.07. The van der Waals surface area contributed by atoms with Crippen molar-refractivity contribution in [1.29, 1.82) is 0 Å². The summed E-state index contributed by atoms with van der Waals surface area (Å²) < 4.78 is 76.9. The number of nitrogens with one attached hydrogen (secondary N) is 1. The van der Waals surface area contributed by atoms with E-state index in [1.165, 1.54) is 24.3 Å². The molecule has 1 N–H and O–H groups in total. The molecule has 4 nitrogen and oxygen atoms in total. The molecule has 0 spiro atoms. The van der Waals surface area contributed by atoms with Crippen molar-refractivity contribution in [3.05, 3.63) is 58.1 Å². The van der Waals surface area contributed by atoms with Gasteiger partial charge in [0.2, 0.25) is 5.82 Å². The van der Waals surface area contributed by atoms with E-state index in [-0.39, 0.29) is 32.6 Å². The van der Waals surface area contributed by atoms with Gasteiger partial charge in [0.25, 0.3) is 0 Å². The number of imidazole rings is 1. The maximum Gasteiger partial charge on any atom is 0.449 e. The highest BCUT2D eigenvalue weighted by Crippen LogP contribution is 2.38. The number of rotatable bonds is 3. The van der Waals surface area contributed by atoms with E-state index in [4.69, 9.17) is 23.2 Å². The summed E-state index contributed by atoms with van der Waals surface area (Å²) in [6.07, 6.45) is -3.97. The molecule has 11 heteroatoms. The number of nitrogens with zero attached hydrogens (tertiary/aromatic N) is 1. The highest BCUT2D eigenvalue weighted by Gasteiger charge is 2.36. The summed E-state index contributed by atoms with van der Waals surface area (Å²) in [6, 6.07) is 7.08. The molecule has 0 aliphatic rings. The molecule has 0 radical (unpaired) electrons. The first-order chi connectivity index (χ1) is 12.9. The largest absolute Gasteiger partial charge is 0.449 e. The van der Waals surface area contributed by atoms with E-state index in [1.807, 2.05) is 0 Å². The van der Waals surface area contributed by atoms with Crippen LogP contribution in [0.25, 0.3) is 22.5 Å². The minimum atomic E-state index is -4.79. The summed E-state index contributed by atoms with van der Waals surface area (Å²) in [5, 5.41) is 0.352. The van der Waals surface area contributed by atoms with Crippen LogP contribution in [0.5, 0.6) is 0 Å². The first-order valence-electron chi connectivity index (χ1n) is 7.50. The van der Waals surface area contributed by atoms with Crippen LogP contribution in [0.4, 0.5) is 17.6 Å². The summed E-state index contributed by atoms with van der Waals surface area (Å²) >= 11 is 11.8. The minimum Gasteiger partial charge on any atom is -0.334 e. The van der Waals surface area contributed by atoms with Gasteiger partial charge in [0.05, 0.1) is 11.4 Å². The molecule has 2 aromatic carbocycles. The quantitative estimate of drug-likeness (QED) is 0.525. The lowest BCUT2D eigenvalue weighted by molar-refractivity contribution is -0.144. The van der Waals surface area contributed by atoms with E-state index >= 15 is 0 Å². The lowest BCUT2D eigenvalue weighted by Gasteiger charge is -2.07. The van der Waals surface area contributed by atoms with Crippen LogP contribution in [0, 0.1) is 5.82 Å². The number of halogens is 6. The molecule has 0 saturated carbocycles. The van der Waals surface area contributed by atoms with Crippen molar-refractivity contribution in [2.24, 2.45) is 0 Å². The van der Waals surface area contributed by atoms with Crippen molar-refractivity contribution in [1.82, 2.24) is 9.97 Å². The second kappa shape index (κ2) is 7.06. The van der Waals surface area contributed by atoms with Crippen LogP contribution in [-0.2, 0) is 16.0 Å². The van der Waals surface area contributed by atoms with Gasteiger partial charge in [0, 0.05) is 27.4 Å². The van der Waals surface area contributed by atoms with Gasteiger partial charge in [-0.15, -0.1) is 0 Å². The van der Waals surface area contributed by atoms with E-state index in [9.17, 15) is 26.0 Å². The fourth-order valence-electron chi connectivity index (χ4n) is 2.57. The van der Waals surface area contributed by atoms with Crippen molar-refractivity contribution in [2.75, 3.05) is 6.26 Å². The van der Waals surface area contributed by atoms with Crippen molar-refractivity contribution in [3.63, 3.8) is 0 Å². The topological polar surface area (TPSA) is 62.8 Å². The summed E-state index contributed by atoms with van der Waals surface area (Å²) in [7, 11) is -3.84. The molecule has 0 fully saturated rings. The third kappa shape index (κ3) is 4.16. The molecule has 1 heterocycles. The maximum absolute atomic E-state index is 14.3. The standard InChI is InChI=1S/C17H10Cl2F4N2O2S/c1-28(26,27)13-3-2-8(6-12(13)20)14-15(25-16(24-14)17(21,22)23)9-4-10(18)7-11(19)5-9/h2-7H,1H3,(H,24,25). The van der Waals surface area contributed by atoms with Gasteiger partial charge in [-0.2, -0.15) is 13.2 Å². The molecule has 0 saturated heterocycles. The third-order valence-corrected chi connectivity index (χ3v) is 5.29. The SMILES string of the molecule is CS(=O)(=O)c1ccc(-c2nc(C(F)(F)F)[nH]c2-c2cc(Cl)cc(Cl)c2)cc1F. The number of sulfone groups is 1. The zero-order valence-electron chi connectivity index (χ0n) is 13.9. The number of aromatic nitrogens is 2. The Bertz CT molecular complexity index is 1150. The molecule has 0 atom stereocenters. The monoisotopic (exact) mass is 452 g/mol. The summed E-state index contributed by atoms with van der Waals surface area (Å²) in [4.78, 5) is 5.12.